The van der Waals surface area contributed by atoms with Gasteiger partial charge in [0.25, 0.3) is 0 Å². The fraction of sp³-hybridized carbons (Fsp3) is 0.727. The molecule has 0 aromatic rings. The third-order valence-electron chi connectivity index (χ3n) is 3.04. The lowest BCUT2D eigenvalue weighted by molar-refractivity contribution is -0.145. The number of carbonyl (C=O) groups excluding carboxylic acids is 1. The molecular formula is C11H18N2O6. The van der Waals surface area contributed by atoms with Crippen LogP contribution in [-0.2, 0) is 14.3 Å². The Morgan fingerprint density at radius 1 is 1.37 bits per heavy atom. The number of hydrogen-bond acceptors (Lipinski definition) is 4. The Morgan fingerprint density at radius 2 is 2.05 bits per heavy atom. The Morgan fingerprint density at radius 3 is 2.53 bits per heavy atom. The van der Waals surface area contributed by atoms with Crippen LogP contribution in [0.5, 0.6) is 0 Å². The Bertz CT molecular complexity index is 359. The maximum atomic E-state index is 11.5. The molecule has 1 heterocycles. The van der Waals surface area contributed by atoms with Gasteiger partial charge in [0.15, 0.2) is 0 Å². The highest BCUT2D eigenvalue weighted by atomic mass is 16.5. The Labute approximate surface area is 110 Å². The van der Waals surface area contributed by atoms with E-state index in [4.69, 9.17) is 14.9 Å². The summed E-state index contributed by atoms with van der Waals surface area (Å²) in [5.41, 5.74) is 0. The van der Waals surface area contributed by atoms with Crippen molar-refractivity contribution in [2.45, 2.75) is 31.9 Å². The molecule has 0 saturated carbocycles. The maximum absolute atomic E-state index is 11.5. The molecule has 4 N–H and O–H groups in total. The van der Waals surface area contributed by atoms with Crippen molar-refractivity contribution in [1.29, 1.82) is 0 Å². The van der Waals surface area contributed by atoms with Gasteiger partial charge in [-0.1, -0.05) is 0 Å². The largest absolute Gasteiger partial charge is 0.481 e. The highest BCUT2D eigenvalue weighted by Gasteiger charge is 2.26. The highest BCUT2D eigenvalue weighted by molar-refractivity contribution is 5.86. The van der Waals surface area contributed by atoms with Crippen molar-refractivity contribution in [3.63, 3.8) is 0 Å². The molecule has 1 aliphatic rings. The second-order valence-corrected chi connectivity index (χ2v) is 4.47. The predicted molar refractivity (Wildman–Crippen MR) is 63.7 cm³/mol. The summed E-state index contributed by atoms with van der Waals surface area (Å²) >= 11 is 0. The molecule has 0 radical (unpaired) electrons. The summed E-state index contributed by atoms with van der Waals surface area (Å²) in [6.07, 6.45) is 0.222. The van der Waals surface area contributed by atoms with Crippen molar-refractivity contribution < 1.29 is 29.3 Å². The minimum atomic E-state index is -1.44. The summed E-state index contributed by atoms with van der Waals surface area (Å²) < 4.78 is 5.33. The topological polar surface area (TPSA) is 125 Å². The summed E-state index contributed by atoms with van der Waals surface area (Å²) in [6, 6.07) is -2.12. The van der Waals surface area contributed by atoms with Crippen LogP contribution in [0, 0.1) is 5.92 Å². The molecule has 0 aromatic carbocycles. The molecule has 0 aliphatic carbocycles. The van der Waals surface area contributed by atoms with Crippen molar-refractivity contribution in [2.75, 3.05) is 13.2 Å². The van der Waals surface area contributed by atoms with Gasteiger partial charge in [0.05, 0.1) is 12.5 Å². The van der Waals surface area contributed by atoms with E-state index in [9.17, 15) is 14.4 Å². The van der Waals surface area contributed by atoms with Crippen LogP contribution in [0.4, 0.5) is 4.79 Å². The lowest BCUT2D eigenvalue weighted by Crippen LogP contribution is -2.48. The predicted octanol–water partition coefficient (Wildman–Crippen LogP) is -0.361. The second-order valence-electron chi connectivity index (χ2n) is 4.47. The van der Waals surface area contributed by atoms with Gasteiger partial charge < -0.3 is 25.6 Å². The molecule has 3 unspecified atom stereocenters. The first-order chi connectivity index (χ1) is 8.90. The number of urea groups is 1. The van der Waals surface area contributed by atoms with Gasteiger partial charge in [-0.15, -0.1) is 0 Å². The van der Waals surface area contributed by atoms with E-state index < -0.39 is 30.4 Å². The van der Waals surface area contributed by atoms with Gasteiger partial charge in [-0.3, -0.25) is 4.79 Å². The van der Waals surface area contributed by atoms with Crippen LogP contribution >= 0.6 is 0 Å². The number of nitrogens with one attached hydrogen (secondary N) is 2. The van der Waals surface area contributed by atoms with E-state index in [0.29, 0.717) is 13.2 Å². The third kappa shape index (κ3) is 5.12. The molecule has 8 heteroatoms. The Balaban J connectivity index is 2.35. The van der Waals surface area contributed by atoms with E-state index >= 15 is 0 Å². The van der Waals surface area contributed by atoms with Gasteiger partial charge in [-0.25, -0.2) is 9.59 Å². The molecule has 108 valence electrons. The average Bonchev–Trinajstić information content (AvgIpc) is 2.70. The molecule has 19 heavy (non-hydrogen) atoms. The molecule has 2 amide bonds. The number of ether oxygens (including phenoxy) is 1. The Hall–Kier alpha value is -1.83. The number of hydrogen-bond donors (Lipinski definition) is 4. The number of amides is 2. The van der Waals surface area contributed by atoms with E-state index in [1.165, 1.54) is 0 Å². The summed E-state index contributed by atoms with van der Waals surface area (Å²) in [7, 11) is 0. The van der Waals surface area contributed by atoms with E-state index in [0.717, 1.165) is 6.42 Å². The van der Waals surface area contributed by atoms with Crippen LogP contribution in [0.2, 0.25) is 0 Å². The third-order valence-corrected chi connectivity index (χ3v) is 3.04. The van der Waals surface area contributed by atoms with Gasteiger partial charge in [0.2, 0.25) is 0 Å². The van der Waals surface area contributed by atoms with Gasteiger partial charge in [-0.2, -0.15) is 0 Å². The summed E-state index contributed by atoms with van der Waals surface area (Å²) in [5, 5.41) is 21.9. The summed E-state index contributed by atoms with van der Waals surface area (Å²) in [5.74, 6) is -2.48. The molecule has 1 rings (SSSR count). The molecule has 1 saturated heterocycles. The van der Waals surface area contributed by atoms with E-state index in [1.54, 1.807) is 0 Å². The first-order valence-corrected chi connectivity index (χ1v) is 6.00. The minimum absolute atomic E-state index is 0.0505. The molecule has 0 bridgehead atoms. The minimum Gasteiger partial charge on any atom is -0.481 e. The first-order valence-electron chi connectivity index (χ1n) is 6.00. The number of carbonyl (C=O) groups is 3. The highest BCUT2D eigenvalue weighted by Crippen LogP contribution is 2.19. The van der Waals surface area contributed by atoms with Gasteiger partial charge in [0, 0.05) is 19.1 Å². The second kappa shape index (κ2) is 6.93. The van der Waals surface area contributed by atoms with Gasteiger partial charge in [-0.05, 0) is 13.3 Å². The zero-order chi connectivity index (χ0) is 14.4. The quantitative estimate of drug-likeness (QED) is 0.524. The van der Waals surface area contributed by atoms with Crippen molar-refractivity contribution in [1.82, 2.24) is 10.6 Å². The number of carboxylic acid groups (broad SMARTS) is 2. The molecule has 1 aliphatic heterocycles. The maximum Gasteiger partial charge on any atom is 0.326 e. The van der Waals surface area contributed by atoms with Crippen molar-refractivity contribution in [3.05, 3.63) is 0 Å². The number of aliphatic carboxylic acids is 2. The molecule has 0 spiro atoms. The Kier molecular flexibility index (Phi) is 5.56. The molecule has 8 nitrogen and oxygen atoms in total. The first kappa shape index (κ1) is 15.2. The summed E-state index contributed by atoms with van der Waals surface area (Å²) in [6.45, 7) is 2.92. The standard InChI is InChI=1S/C11H18N2O6/c1-6-7(2-3-19-6)5-12-11(18)13-8(10(16)17)4-9(14)15/h6-8H,2-5H2,1H3,(H,14,15)(H,16,17)(H2,12,13,18). The van der Waals surface area contributed by atoms with Crippen molar-refractivity contribution >= 4 is 18.0 Å². The van der Waals surface area contributed by atoms with Crippen LogP contribution in [-0.4, -0.2) is 53.5 Å². The average molecular weight is 274 g/mol. The zero-order valence-electron chi connectivity index (χ0n) is 10.6. The van der Waals surface area contributed by atoms with Crippen LogP contribution in [0.25, 0.3) is 0 Å². The number of rotatable bonds is 6. The molecule has 1 fully saturated rings. The molecule has 3 atom stereocenters. The van der Waals surface area contributed by atoms with Crippen molar-refractivity contribution in [2.24, 2.45) is 5.92 Å². The van der Waals surface area contributed by atoms with E-state index in [1.807, 2.05) is 6.92 Å². The van der Waals surface area contributed by atoms with Crippen molar-refractivity contribution in [3.8, 4) is 0 Å². The summed E-state index contributed by atoms with van der Waals surface area (Å²) in [4.78, 5) is 32.7. The monoisotopic (exact) mass is 274 g/mol. The van der Waals surface area contributed by atoms with Gasteiger partial charge in [0.1, 0.15) is 6.04 Å². The van der Waals surface area contributed by atoms with E-state index in [-0.39, 0.29) is 12.0 Å². The zero-order valence-corrected chi connectivity index (χ0v) is 10.6. The molecule has 0 aromatic heterocycles. The normalized spacial score (nSPS) is 23.6. The van der Waals surface area contributed by atoms with Gasteiger partial charge >= 0.3 is 18.0 Å². The smallest absolute Gasteiger partial charge is 0.326 e. The SMILES string of the molecule is CC1OCCC1CNC(=O)NC(CC(=O)O)C(=O)O. The fourth-order valence-corrected chi connectivity index (χ4v) is 1.85. The lowest BCUT2D eigenvalue weighted by Gasteiger charge is -2.17. The van der Waals surface area contributed by atoms with E-state index in [2.05, 4.69) is 10.6 Å². The lowest BCUT2D eigenvalue weighted by atomic mass is 10.0. The number of carboxylic acids is 2. The molecular weight excluding hydrogens is 256 g/mol. The van der Waals surface area contributed by atoms with Crippen LogP contribution in [0.15, 0.2) is 0 Å². The van der Waals surface area contributed by atoms with Crippen LogP contribution in [0.1, 0.15) is 19.8 Å². The van der Waals surface area contributed by atoms with Crippen LogP contribution in [0.3, 0.4) is 0 Å². The van der Waals surface area contributed by atoms with Crippen LogP contribution < -0.4 is 10.6 Å². The fourth-order valence-electron chi connectivity index (χ4n) is 1.85.